The molecule has 1 aromatic heterocycles. The van der Waals surface area contributed by atoms with Crippen LogP contribution in [0.25, 0.3) is 0 Å². The van der Waals surface area contributed by atoms with Crippen LogP contribution in [0.2, 0.25) is 10.6 Å². The van der Waals surface area contributed by atoms with Gasteiger partial charge in [0.15, 0.2) is 0 Å². The number of hydrogen-bond donors (Lipinski definition) is 0. The third-order valence-electron chi connectivity index (χ3n) is 1.39. The van der Waals surface area contributed by atoms with E-state index in [1.165, 1.54) is 0 Å². The van der Waals surface area contributed by atoms with Gasteiger partial charge >= 0.3 is 23.1 Å². The molecule has 0 aliphatic heterocycles. The molecule has 0 aliphatic carbocycles. The molecule has 0 amide bonds. The summed E-state index contributed by atoms with van der Waals surface area (Å²) in [6, 6.07) is 10.2. The Bertz CT molecular complexity index is 414. The maximum atomic E-state index is 5.27. The molecule has 0 aliphatic rings. The molecule has 17 heavy (non-hydrogen) atoms. The summed E-state index contributed by atoms with van der Waals surface area (Å²) in [5.41, 5.74) is 0. The SMILES string of the molecule is COc1cc[c-]cc1.Clc1n[c-]nc(Cl)n1.[Mg+2]. The van der Waals surface area contributed by atoms with Crippen molar-refractivity contribution in [1.82, 2.24) is 15.0 Å². The van der Waals surface area contributed by atoms with E-state index in [9.17, 15) is 0 Å². The Morgan fingerprint density at radius 1 is 1.12 bits per heavy atom. The van der Waals surface area contributed by atoms with Crippen LogP contribution in [0.4, 0.5) is 0 Å². The summed E-state index contributed by atoms with van der Waals surface area (Å²) in [5.74, 6) is 0.878. The molecule has 1 aromatic carbocycles. The van der Waals surface area contributed by atoms with Crippen molar-refractivity contribution >= 4 is 46.3 Å². The first kappa shape index (κ1) is 16.4. The Morgan fingerprint density at radius 2 is 1.65 bits per heavy atom. The molecule has 0 spiro atoms. The van der Waals surface area contributed by atoms with E-state index >= 15 is 0 Å². The molecule has 2 rings (SSSR count). The minimum absolute atomic E-state index is 0. The molecule has 84 valence electrons. The molecule has 0 fully saturated rings. The van der Waals surface area contributed by atoms with Crippen LogP contribution in [0, 0.1) is 12.4 Å². The summed E-state index contributed by atoms with van der Waals surface area (Å²) < 4.78 is 4.89. The molecular weight excluding hydrogens is 273 g/mol. The number of rotatable bonds is 1. The second-order valence-electron chi connectivity index (χ2n) is 2.41. The van der Waals surface area contributed by atoms with Gasteiger partial charge in [-0.25, -0.2) is 0 Å². The van der Waals surface area contributed by atoms with Crippen LogP contribution in [0.1, 0.15) is 0 Å². The van der Waals surface area contributed by atoms with Crippen molar-refractivity contribution in [3.8, 4) is 5.75 Å². The third-order valence-corrected chi connectivity index (χ3v) is 1.73. The number of methoxy groups -OCH3 is 1. The summed E-state index contributed by atoms with van der Waals surface area (Å²) in [4.78, 5) is 10.2. The molecule has 0 saturated carbocycles. The first-order valence-corrected chi connectivity index (χ1v) is 4.91. The van der Waals surface area contributed by atoms with Crippen molar-refractivity contribution in [3.05, 3.63) is 47.2 Å². The Kier molecular flexibility index (Phi) is 9.07. The summed E-state index contributed by atoms with van der Waals surface area (Å²) >= 11 is 10.5. The van der Waals surface area contributed by atoms with Crippen LogP contribution in [0.3, 0.4) is 0 Å². The normalized spacial score (nSPS) is 8.41. The molecule has 0 radical (unpaired) electrons. The Morgan fingerprint density at radius 3 is 1.94 bits per heavy atom. The van der Waals surface area contributed by atoms with Gasteiger partial charge in [-0.3, -0.25) is 0 Å². The molecule has 0 N–H and O–H groups in total. The number of nitrogens with zero attached hydrogens (tertiary/aromatic N) is 3. The van der Waals surface area contributed by atoms with E-state index in [-0.39, 0.29) is 33.6 Å². The molecule has 0 bridgehead atoms. The van der Waals surface area contributed by atoms with Crippen molar-refractivity contribution in [2.24, 2.45) is 0 Å². The maximum Gasteiger partial charge on any atom is 2.00 e. The van der Waals surface area contributed by atoms with Crippen LogP contribution in [0.5, 0.6) is 5.75 Å². The summed E-state index contributed by atoms with van der Waals surface area (Å²) in [5, 5.41) is 0.120. The zero-order valence-electron chi connectivity index (χ0n) is 9.02. The van der Waals surface area contributed by atoms with Crippen molar-refractivity contribution in [1.29, 1.82) is 0 Å². The molecule has 0 unspecified atom stereocenters. The average molecular weight is 280 g/mol. The smallest absolute Gasteiger partial charge is 0.522 e. The van der Waals surface area contributed by atoms with Gasteiger partial charge in [-0.1, -0.05) is 0 Å². The number of halogens is 2. The number of aromatic nitrogens is 3. The zero-order chi connectivity index (χ0) is 11.8. The van der Waals surface area contributed by atoms with E-state index in [0.717, 1.165) is 5.75 Å². The Labute approximate surface area is 126 Å². The molecular formula is C10H7Cl2MgN3O. The average Bonchev–Trinajstić information content (AvgIpc) is 2.31. The maximum absolute atomic E-state index is 5.27. The van der Waals surface area contributed by atoms with Crippen LogP contribution < -0.4 is 4.74 Å². The topological polar surface area (TPSA) is 47.9 Å². The number of benzene rings is 1. The zero-order valence-corrected chi connectivity index (χ0v) is 11.9. The van der Waals surface area contributed by atoms with Crippen molar-refractivity contribution in [3.63, 3.8) is 0 Å². The van der Waals surface area contributed by atoms with Gasteiger partial charge in [-0.15, -0.1) is 35.3 Å². The number of hydrogen-bond acceptors (Lipinski definition) is 4. The van der Waals surface area contributed by atoms with Gasteiger partial charge in [0, 0.05) is 12.1 Å². The van der Waals surface area contributed by atoms with E-state index in [1.54, 1.807) is 7.11 Å². The van der Waals surface area contributed by atoms with Gasteiger partial charge in [0.2, 0.25) is 0 Å². The first-order chi connectivity index (χ1) is 7.72. The van der Waals surface area contributed by atoms with E-state index in [4.69, 9.17) is 27.9 Å². The Hall–Kier alpha value is -0.624. The van der Waals surface area contributed by atoms with Crippen LogP contribution in [0.15, 0.2) is 24.3 Å². The van der Waals surface area contributed by atoms with Crippen molar-refractivity contribution < 1.29 is 4.74 Å². The van der Waals surface area contributed by atoms with E-state index in [1.807, 2.05) is 24.3 Å². The summed E-state index contributed by atoms with van der Waals surface area (Å²) in [7, 11) is 1.65. The molecule has 7 heteroatoms. The van der Waals surface area contributed by atoms with Gasteiger partial charge in [-0.05, 0) is 0 Å². The molecule has 0 saturated heterocycles. The predicted octanol–water partition coefficient (Wildman–Crippen LogP) is 2.09. The van der Waals surface area contributed by atoms with Crippen LogP contribution in [-0.4, -0.2) is 45.1 Å². The third kappa shape index (κ3) is 7.33. The first-order valence-electron chi connectivity index (χ1n) is 4.15. The summed E-state index contributed by atoms with van der Waals surface area (Å²) in [6.45, 7) is 0. The molecule has 2 aromatic rings. The fourth-order valence-electron chi connectivity index (χ4n) is 0.741. The number of ether oxygens (including phenoxy) is 1. The Balaban J connectivity index is 0.000000284. The van der Waals surface area contributed by atoms with Gasteiger partial charge in [0.25, 0.3) is 0 Å². The largest absolute Gasteiger partial charge is 2.00 e. The second kappa shape index (κ2) is 9.41. The summed E-state index contributed by atoms with van der Waals surface area (Å²) in [6.07, 6.45) is 2.20. The monoisotopic (exact) mass is 279 g/mol. The van der Waals surface area contributed by atoms with E-state index < -0.39 is 0 Å². The minimum atomic E-state index is 0. The van der Waals surface area contributed by atoms with Crippen LogP contribution in [-0.2, 0) is 0 Å². The minimum Gasteiger partial charge on any atom is -0.522 e. The molecule has 1 heterocycles. The van der Waals surface area contributed by atoms with Gasteiger partial charge in [0.05, 0.1) is 7.11 Å². The van der Waals surface area contributed by atoms with Gasteiger partial charge < -0.3 is 19.7 Å². The second-order valence-corrected chi connectivity index (χ2v) is 3.09. The molecule has 4 nitrogen and oxygen atoms in total. The van der Waals surface area contributed by atoms with Gasteiger partial charge in [0.1, 0.15) is 10.6 Å². The van der Waals surface area contributed by atoms with Crippen LogP contribution >= 0.6 is 23.2 Å². The molecule has 0 atom stereocenters. The fourth-order valence-corrected chi connectivity index (χ4v) is 1.02. The van der Waals surface area contributed by atoms with E-state index in [2.05, 4.69) is 27.3 Å². The van der Waals surface area contributed by atoms with Crippen molar-refractivity contribution in [2.75, 3.05) is 7.11 Å². The van der Waals surface area contributed by atoms with Gasteiger partial charge in [-0.2, -0.15) is 18.2 Å². The predicted molar refractivity (Wildman–Crippen MR) is 66.3 cm³/mol. The quantitative estimate of drug-likeness (QED) is 0.593. The fraction of sp³-hybridized carbons (Fsp3) is 0.100. The van der Waals surface area contributed by atoms with E-state index in [0.29, 0.717) is 0 Å². The standard InChI is InChI=1S/C7H7O.C3Cl2N3.Mg/c1-8-7-5-3-2-4-6-7;4-2-6-1-7-3(5)8-2;/h3-6H,1H3;;/q2*-1;+2. The van der Waals surface area contributed by atoms with Crippen molar-refractivity contribution in [2.45, 2.75) is 0 Å².